The minimum absolute atomic E-state index is 0.250. The molecule has 1 amide bonds. The first-order valence-electron chi connectivity index (χ1n) is 8.77. The lowest BCUT2D eigenvalue weighted by Crippen LogP contribution is -2.09. The van der Waals surface area contributed by atoms with E-state index >= 15 is 0 Å². The molecule has 0 radical (unpaired) electrons. The van der Waals surface area contributed by atoms with Crippen molar-refractivity contribution in [1.82, 2.24) is 14.6 Å². The Morgan fingerprint density at radius 2 is 2.00 bits per heavy atom. The van der Waals surface area contributed by atoms with Gasteiger partial charge in [0.05, 0.1) is 5.69 Å². The maximum atomic E-state index is 12.3. The Bertz CT molecular complexity index is 1260. The fourth-order valence-corrected chi connectivity index (χ4v) is 4.27. The van der Waals surface area contributed by atoms with Gasteiger partial charge in [-0.3, -0.25) is 10.1 Å². The highest BCUT2D eigenvalue weighted by Gasteiger charge is 2.14. The minimum atomic E-state index is -0.345. The van der Waals surface area contributed by atoms with Crippen molar-refractivity contribution in [3.63, 3.8) is 0 Å². The number of amides is 1. The van der Waals surface area contributed by atoms with Crippen molar-refractivity contribution in [3.05, 3.63) is 74.6 Å². The zero-order chi connectivity index (χ0) is 20.5. The van der Waals surface area contributed by atoms with Crippen molar-refractivity contribution in [2.24, 2.45) is 0 Å². The summed E-state index contributed by atoms with van der Waals surface area (Å²) in [5.41, 5.74) is 5.09. The number of thiazole rings is 1. The molecule has 1 N–H and O–H groups in total. The van der Waals surface area contributed by atoms with Gasteiger partial charge in [0.2, 0.25) is 4.96 Å². The molecule has 0 aliphatic heterocycles. The fourth-order valence-electron chi connectivity index (χ4n) is 2.97. The second-order valence-corrected chi connectivity index (χ2v) is 8.24. The SMILES string of the molecule is Cc1ccc(-c2csc3nc(NC(=O)/C=C/c4ccc(Cl)cc4Cl)nn23)c(C)c1. The first-order chi connectivity index (χ1) is 13.9. The van der Waals surface area contributed by atoms with E-state index in [0.29, 0.717) is 20.6 Å². The van der Waals surface area contributed by atoms with E-state index in [0.717, 1.165) is 16.8 Å². The van der Waals surface area contributed by atoms with Gasteiger partial charge >= 0.3 is 0 Å². The van der Waals surface area contributed by atoms with E-state index in [-0.39, 0.29) is 11.9 Å². The number of halogens is 2. The Labute approximate surface area is 181 Å². The van der Waals surface area contributed by atoms with Gasteiger partial charge in [0, 0.05) is 27.1 Å². The Kier molecular flexibility index (Phi) is 5.41. The lowest BCUT2D eigenvalue weighted by atomic mass is 10.0. The monoisotopic (exact) mass is 442 g/mol. The van der Waals surface area contributed by atoms with Gasteiger partial charge in [0.15, 0.2) is 0 Å². The second-order valence-electron chi connectivity index (χ2n) is 6.56. The molecule has 0 saturated heterocycles. The third-order valence-electron chi connectivity index (χ3n) is 4.35. The molecule has 0 atom stereocenters. The smallest absolute Gasteiger partial charge is 0.250 e. The molecule has 2 aromatic carbocycles. The number of carbonyl (C=O) groups is 1. The molecule has 4 rings (SSSR count). The number of rotatable bonds is 4. The Balaban J connectivity index is 1.55. The number of carbonyl (C=O) groups excluding carboxylic acids is 1. The summed E-state index contributed by atoms with van der Waals surface area (Å²) < 4.78 is 1.75. The summed E-state index contributed by atoms with van der Waals surface area (Å²) in [4.78, 5) is 17.4. The highest BCUT2D eigenvalue weighted by molar-refractivity contribution is 7.15. The van der Waals surface area contributed by atoms with Crippen molar-refractivity contribution in [2.75, 3.05) is 5.32 Å². The number of aryl methyl sites for hydroxylation is 2. The van der Waals surface area contributed by atoms with Crippen LogP contribution in [0.3, 0.4) is 0 Å². The average molecular weight is 443 g/mol. The van der Waals surface area contributed by atoms with Gasteiger partial charge in [-0.05, 0) is 43.2 Å². The van der Waals surface area contributed by atoms with Crippen molar-refractivity contribution < 1.29 is 4.79 Å². The van der Waals surface area contributed by atoms with Gasteiger partial charge in [-0.25, -0.2) is 4.52 Å². The van der Waals surface area contributed by atoms with E-state index in [1.54, 1.807) is 28.8 Å². The molecule has 0 unspecified atom stereocenters. The maximum Gasteiger partial charge on any atom is 0.250 e. The predicted octanol–water partition coefficient (Wildman–Crippen LogP) is 6.03. The van der Waals surface area contributed by atoms with Crippen LogP contribution in [0.1, 0.15) is 16.7 Å². The van der Waals surface area contributed by atoms with Crippen LogP contribution >= 0.6 is 34.5 Å². The number of nitrogens with one attached hydrogen (secondary N) is 1. The van der Waals surface area contributed by atoms with Crippen molar-refractivity contribution in [2.45, 2.75) is 13.8 Å². The van der Waals surface area contributed by atoms with E-state index in [2.05, 4.69) is 47.4 Å². The van der Waals surface area contributed by atoms with E-state index in [4.69, 9.17) is 23.2 Å². The third kappa shape index (κ3) is 4.19. The first-order valence-corrected chi connectivity index (χ1v) is 10.4. The summed E-state index contributed by atoms with van der Waals surface area (Å²) in [5.74, 6) is -0.0953. The fraction of sp³-hybridized carbons (Fsp3) is 0.0952. The summed E-state index contributed by atoms with van der Waals surface area (Å²) in [6, 6.07) is 11.4. The number of benzene rings is 2. The Morgan fingerprint density at radius 1 is 1.17 bits per heavy atom. The number of anilines is 1. The van der Waals surface area contributed by atoms with Crippen LogP contribution in [0.5, 0.6) is 0 Å². The maximum absolute atomic E-state index is 12.3. The van der Waals surface area contributed by atoms with Gasteiger partial charge in [0.1, 0.15) is 0 Å². The number of fused-ring (bicyclic) bond motifs is 1. The number of hydrogen-bond donors (Lipinski definition) is 1. The van der Waals surface area contributed by atoms with E-state index in [1.807, 2.05) is 5.38 Å². The second kappa shape index (κ2) is 7.99. The van der Waals surface area contributed by atoms with Gasteiger partial charge < -0.3 is 0 Å². The molecule has 146 valence electrons. The molecule has 0 spiro atoms. The summed E-state index contributed by atoms with van der Waals surface area (Å²) >= 11 is 13.5. The van der Waals surface area contributed by atoms with Crippen LogP contribution in [-0.4, -0.2) is 20.5 Å². The summed E-state index contributed by atoms with van der Waals surface area (Å²) in [7, 11) is 0. The van der Waals surface area contributed by atoms with Crippen molar-refractivity contribution in [1.29, 1.82) is 0 Å². The summed E-state index contributed by atoms with van der Waals surface area (Å²) in [5, 5.41) is 10.2. The van der Waals surface area contributed by atoms with Crippen LogP contribution in [0.4, 0.5) is 5.95 Å². The molecule has 29 heavy (non-hydrogen) atoms. The number of aromatic nitrogens is 3. The van der Waals surface area contributed by atoms with E-state index in [1.165, 1.54) is 23.0 Å². The lowest BCUT2D eigenvalue weighted by Gasteiger charge is -2.05. The molecule has 4 aromatic rings. The van der Waals surface area contributed by atoms with Crippen LogP contribution in [-0.2, 0) is 4.79 Å². The molecule has 0 saturated carbocycles. The van der Waals surface area contributed by atoms with Gasteiger partial charge in [-0.15, -0.1) is 16.4 Å². The normalized spacial score (nSPS) is 11.4. The molecule has 0 aliphatic rings. The standard InChI is InChI=1S/C21H16Cl2N4OS/c1-12-3-7-16(13(2)9-12)18-11-29-21-25-20(26-27(18)21)24-19(28)8-5-14-4-6-15(22)10-17(14)23/h3-11H,1-2H3,(H,24,26,28)/b8-5+. The van der Waals surface area contributed by atoms with Crippen LogP contribution in [0.15, 0.2) is 47.9 Å². The van der Waals surface area contributed by atoms with Crippen LogP contribution in [0, 0.1) is 13.8 Å². The molecular weight excluding hydrogens is 427 g/mol. The van der Waals surface area contributed by atoms with E-state index in [9.17, 15) is 4.79 Å². The summed E-state index contributed by atoms with van der Waals surface area (Å²) in [6.07, 6.45) is 3.00. The molecule has 5 nitrogen and oxygen atoms in total. The molecule has 0 bridgehead atoms. The van der Waals surface area contributed by atoms with Crippen LogP contribution in [0.25, 0.3) is 22.3 Å². The van der Waals surface area contributed by atoms with Crippen molar-refractivity contribution in [3.8, 4) is 11.3 Å². The molecule has 2 heterocycles. The molecule has 0 aliphatic carbocycles. The molecule has 8 heteroatoms. The van der Waals surface area contributed by atoms with E-state index < -0.39 is 0 Å². The zero-order valence-corrected chi connectivity index (χ0v) is 17.9. The van der Waals surface area contributed by atoms with Gasteiger partial charge in [0.25, 0.3) is 11.9 Å². The highest BCUT2D eigenvalue weighted by Crippen LogP contribution is 2.29. The highest BCUT2D eigenvalue weighted by atomic mass is 35.5. The number of nitrogens with zero attached hydrogens (tertiary/aromatic N) is 3. The first kappa shape index (κ1) is 19.6. The van der Waals surface area contributed by atoms with Crippen molar-refractivity contribution >= 4 is 57.4 Å². The molecular formula is C21H16Cl2N4OS. The predicted molar refractivity (Wildman–Crippen MR) is 120 cm³/mol. The van der Waals surface area contributed by atoms with Gasteiger partial charge in [-0.2, -0.15) is 4.98 Å². The largest absolute Gasteiger partial charge is 0.290 e. The topological polar surface area (TPSA) is 59.3 Å². The minimum Gasteiger partial charge on any atom is -0.290 e. The zero-order valence-electron chi connectivity index (χ0n) is 15.6. The molecule has 0 fully saturated rings. The van der Waals surface area contributed by atoms with Gasteiger partial charge in [-0.1, -0.05) is 53.0 Å². The Hall–Kier alpha value is -2.67. The quantitative estimate of drug-likeness (QED) is 0.392. The number of hydrogen-bond acceptors (Lipinski definition) is 4. The molecule has 2 aromatic heterocycles. The average Bonchev–Trinajstić information content (AvgIpc) is 3.21. The summed E-state index contributed by atoms with van der Waals surface area (Å²) in [6.45, 7) is 4.13. The Morgan fingerprint density at radius 3 is 2.76 bits per heavy atom. The third-order valence-corrected chi connectivity index (χ3v) is 5.73. The lowest BCUT2D eigenvalue weighted by molar-refractivity contribution is -0.111. The van der Waals surface area contributed by atoms with Crippen LogP contribution in [0.2, 0.25) is 10.0 Å². The van der Waals surface area contributed by atoms with Crippen LogP contribution < -0.4 is 5.32 Å².